The van der Waals surface area contributed by atoms with Gasteiger partial charge in [0.15, 0.2) is 11.6 Å². The Hall–Kier alpha value is -2.31. The van der Waals surface area contributed by atoms with E-state index < -0.39 is 56.6 Å². The van der Waals surface area contributed by atoms with Gasteiger partial charge in [0.2, 0.25) is 12.4 Å². The topological polar surface area (TPSA) is 74.8 Å². The van der Waals surface area contributed by atoms with Crippen LogP contribution < -0.4 is 4.72 Å². The number of nitrogens with zero attached hydrogens (tertiary/aromatic N) is 1. The summed E-state index contributed by atoms with van der Waals surface area (Å²) in [4.78, 5) is 4.90. The number of halogens is 7. The Labute approximate surface area is 154 Å². The smallest absolute Gasteiger partial charge is 0.363 e. The zero-order valence-electron chi connectivity index (χ0n) is 13.7. The molecular formula is C15H12F7N3O2S. The molecule has 1 aliphatic carbocycles. The number of pyridine rings is 1. The van der Waals surface area contributed by atoms with Crippen LogP contribution in [0.3, 0.4) is 0 Å². The van der Waals surface area contributed by atoms with Gasteiger partial charge in [0.25, 0.3) is 10.0 Å². The Morgan fingerprint density at radius 2 is 1.93 bits per heavy atom. The van der Waals surface area contributed by atoms with Crippen LogP contribution in [0.25, 0.3) is 0 Å². The van der Waals surface area contributed by atoms with Gasteiger partial charge in [0.05, 0.1) is 0 Å². The molecule has 3 rings (SSSR count). The van der Waals surface area contributed by atoms with E-state index in [1.165, 1.54) is 0 Å². The normalized spacial score (nSPS) is 17.6. The van der Waals surface area contributed by atoms with Gasteiger partial charge in [-0.15, -0.1) is 0 Å². The second-order valence-corrected chi connectivity index (χ2v) is 7.86. The SMILES string of the molecule is O=S(=O)(Nc1nc(F)c(C(F)(F)F)cc1F)c1c[nH]c2c1CCC(C(F)F)C2. The lowest BCUT2D eigenvalue weighted by Gasteiger charge is -2.22. The van der Waals surface area contributed by atoms with Gasteiger partial charge in [0.1, 0.15) is 10.5 Å². The summed E-state index contributed by atoms with van der Waals surface area (Å²) in [5.41, 5.74) is -1.51. The minimum Gasteiger partial charge on any atom is -0.363 e. The highest BCUT2D eigenvalue weighted by molar-refractivity contribution is 7.92. The Balaban J connectivity index is 1.91. The van der Waals surface area contributed by atoms with Crippen LogP contribution in [-0.4, -0.2) is 24.8 Å². The molecule has 0 saturated heterocycles. The lowest BCUT2D eigenvalue weighted by molar-refractivity contribution is -0.140. The fraction of sp³-hybridized carbons (Fsp3) is 0.400. The highest BCUT2D eigenvalue weighted by Crippen LogP contribution is 2.35. The van der Waals surface area contributed by atoms with Crippen LogP contribution in [0, 0.1) is 17.7 Å². The van der Waals surface area contributed by atoms with E-state index >= 15 is 0 Å². The first-order valence-corrected chi connectivity index (χ1v) is 9.31. The second-order valence-electron chi connectivity index (χ2n) is 6.21. The average molecular weight is 431 g/mol. The quantitative estimate of drug-likeness (QED) is 0.570. The van der Waals surface area contributed by atoms with Gasteiger partial charge >= 0.3 is 6.18 Å². The van der Waals surface area contributed by atoms with Crippen LogP contribution in [0.1, 0.15) is 23.2 Å². The third-order valence-corrected chi connectivity index (χ3v) is 5.79. The summed E-state index contributed by atoms with van der Waals surface area (Å²) in [6.45, 7) is 0. The second kappa shape index (κ2) is 6.94. The van der Waals surface area contributed by atoms with Gasteiger partial charge in [-0.3, -0.25) is 4.72 Å². The summed E-state index contributed by atoms with van der Waals surface area (Å²) in [5.74, 6) is -6.01. The van der Waals surface area contributed by atoms with Crippen molar-refractivity contribution in [2.75, 3.05) is 4.72 Å². The Bertz CT molecular complexity index is 1000. The average Bonchev–Trinajstić information content (AvgIpc) is 3.00. The van der Waals surface area contributed by atoms with E-state index in [-0.39, 0.29) is 36.6 Å². The summed E-state index contributed by atoms with van der Waals surface area (Å²) in [5, 5.41) is 0. The number of aromatic nitrogens is 2. The largest absolute Gasteiger partial charge is 0.420 e. The lowest BCUT2D eigenvalue weighted by Crippen LogP contribution is -2.23. The van der Waals surface area contributed by atoms with Gasteiger partial charge in [-0.05, 0) is 30.9 Å². The summed E-state index contributed by atoms with van der Waals surface area (Å²) >= 11 is 0. The maximum Gasteiger partial charge on any atom is 0.420 e. The number of aromatic amines is 1. The van der Waals surface area contributed by atoms with Crippen LogP contribution in [0.4, 0.5) is 36.6 Å². The molecule has 1 aliphatic rings. The Morgan fingerprint density at radius 1 is 1.25 bits per heavy atom. The van der Waals surface area contributed by atoms with Crippen molar-refractivity contribution in [2.45, 2.75) is 36.8 Å². The van der Waals surface area contributed by atoms with Crippen LogP contribution >= 0.6 is 0 Å². The molecule has 13 heteroatoms. The third kappa shape index (κ3) is 3.80. The van der Waals surface area contributed by atoms with Gasteiger partial charge in [-0.2, -0.15) is 22.5 Å². The molecule has 1 unspecified atom stereocenters. The minimum atomic E-state index is -5.21. The number of hydrogen-bond donors (Lipinski definition) is 2. The predicted molar refractivity (Wildman–Crippen MR) is 82.3 cm³/mol. The Kier molecular flexibility index (Phi) is 5.06. The summed E-state index contributed by atoms with van der Waals surface area (Å²) < 4.78 is 117. The molecule has 0 radical (unpaired) electrons. The van der Waals surface area contributed by atoms with E-state index in [9.17, 15) is 39.2 Å². The number of anilines is 1. The maximum absolute atomic E-state index is 13.9. The zero-order valence-corrected chi connectivity index (χ0v) is 14.6. The first kappa shape index (κ1) is 20.4. The van der Waals surface area contributed by atoms with Crippen LogP contribution in [-0.2, 0) is 29.0 Å². The minimum absolute atomic E-state index is 0.00136. The molecule has 0 aromatic carbocycles. The standard InChI is InChI=1S/C15H12F7N3O2S/c16-9-4-8(15(20,21)22)13(19)24-14(9)25-28(26,27)11-5-23-10-3-6(12(17)18)1-2-7(10)11/h4-6,12,23H,1-3H2,(H,24,25). The monoisotopic (exact) mass is 431 g/mol. The zero-order chi connectivity index (χ0) is 20.9. The van der Waals surface area contributed by atoms with Gasteiger partial charge in [0, 0.05) is 17.8 Å². The molecule has 2 aromatic rings. The van der Waals surface area contributed by atoms with Crippen molar-refractivity contribution in [3.63, 3.8) is 0 Å². The molecule has 0 aliphatic heterocycles. The maximum atomic E-state index is 13.9. The molecule has 2 N–H and O–H groups in total. The van der Waals surface area contributed by atoms with E-state index in [4.69, 9.17) is 0 Å². The highest BCUT2D eigenvalue weighted by atomic mass is 32.2. The molecule has 2 heterocycles. The fourth-order valence-electron chi connectivity index (χ4n) is 3.00. The molecule has 5 nitrogen and oxygen atoms in total. The lowest BCUT2D eigenvalue weighted by atomic mass is 9.88. The predicted octanol–water partition coefficient (Wildman–Crippen LogP) is 3.88. The van der Waals surface area contributed by atoms with Crippen molar-refractivity contribution >= 4 is 15.8 Å². The van der Waals surface area contributed by atoms with Crippen molar-refractivity contribution < 1.29 is 39.2 Å². The molecular weight excluding hydrogens is 419 g/mol. The van der Waals surface area contributed by atoms with Crippen molar-refractivity contribution in [3.05, 3.63) is 40.8 Å². The number of H-pyrrole nitrogens is 1. The molecule has 154 valence electrons. The van der Waals surface area contributed by atoms with Crippen molar-refractivity contribution in [1.29, 1.82) is 0 Å². The van der Waals surface area contributed by atoms with Gasteiger partial charge in [-0.25, -0.2) is 21.6 Å². The number of sulfonamides is 1. The van der Waals surface area contributed by atoms with Crippen molar-refractivity contribution in [3.8, 4) is 0 Å². The third-order valence-electron chi connectivity index (χ3n) is 4.38. The first-order valence-electron chi connectivity index (χ1n) is 7.83. The molecule has 0 bridgehead atoms. The van der Waals surface area contributed by atoms with Crippen LogP contribution in [0.5, 0.6) is 0 Å². The molecule has 0 saturated carbocycles. The van der Waals surface area contributed by atoms with E-state index in [1.807, 2.05) is 0 Å². The molecule has 0 amide bonds. The number of hydrogen-bond acceptors (Lipinski definition) is 3. The fourth-order valence-corrected chi connectivity index (χ4v) is 4.27. The first-order chi connectivity index (χ1) is 12.9. The van der Waals surface area contributed by atoms with Crippen LogP contribution in [0.15, 0.2) is 17.2 Å². The van der Waals surface area contributed by atoms with Crippen molar-refractivity contribution in [1.82, 2.24) is 9.97 Å². The number of nitrogens with one attached hydrogen (secondary N) is 2. The van der Waals surface area contributed by atoms with Crippen molar-refractivity contribution in [2.24, 2.45) is 5.92 Å². The Morgan fingerprint density at radius 3 is 2.54 bits per heavy atom. The molecule has 0 spiro atoms. The van der Waals surface area contributed by atoms with Crippen LogP contribution in [0.2, 0.25) is 0 Å². The molecule has 1 atom stereocenters. The number of fused-ring (bicyclic) bond motifs is 1. The van der Waals surface area contributed by atoms with E-state index in [0.29, 0.717) is 0 Å². The van der Waals surface area contributed by atoms with E-state index in [1.54, 1.807) is 4.72 Å². The van der Waals surface area contributed by atoms with Gasteiger partial charge in [-0.1, -0.05) is 0 Å². The molecule has 28 heavy (non-hydrogen) atoms. The highest BCUT2D eigenvalue weighted by Gasteiger charge is 2.37. The molecule has 2 aromatic heterocycles. The molecule has 0 fully saturated rings. The summed E-state index contributed by atoms with van der Waals surface area (Å²) in [6.07, 6.45) is -6.86. The summed E-state index contributed by atoms with van der Waals surface area (Å²) in [6, 6.07) is -0.208. The van der Waals surface area contributed by atoms with Gasteiger partial charge < -0.3 is 4.98 Å². The summed E-state index contributed by atoms with van der Waals surface area (Å²) in [7, 11) is -4.56. The van der Waals surface area contributed by atoms with E-state index in [2.05, 4.69) is 9.97 Å². The number of rotatable bonds is 4. The van der Waals surface area contributed by atoms with E-state index in [0.717, 1.165) is 6.20 Å². The number of alkyl halides is 5.